The van der Waals surface area contributed by atoms with E-state index in [0.717, 1.165) is 22.4 Å². The van der Waals surface area contributed by atoms with Crippen molar-refractivity contribution in [3.63, 3.8) is 0 Å². The first kappa shape index (κ1) is 29.2. The summed E-state index contributed by atoms with van der Waals surface area (Å²) in [5.74, 6) is 1.22. The molecule has 5 heteroatoms. The van der Waals surface area contributed by atoms with Crippen LogP contribution in [0.3, 0.4) is 0 Å². The second-order valence-electron chi connectivity index (χ2n) is 10.6. The average molecular weight is 662 g/mol. The number of rotatable bonds is 3. The Morgan fingerprint density at radius 3 is 2.17 bits per heavy atom. The molecule has 3 aromatic carbocycles. The van der Waals surface area contributed by atoms with Gasteiger partial charge in [-0.3, -0.25) is 4.79 Å². The molecule has 0 aliphatic rings. The van der Waals surface area contributed by atoms with Gasteiger partial charge in [0.15, 0.2) is 0 Å². The third kappa shape index (κ3) is 7.02. The molecule has 0 saturated carbocycles. The number of aliphatic hydroxyl groups excluding tert-OH is 1. The van der Waals surface area contributed by atoms with E-state index >= 15 is 0 Å². The van der Waals surface area contributed by atoms with E-state index in [1.807, 2.05) is 65.9 Å². The second-order valence-corrected chi connectivity index (χ2v) is 10.6. The standard InChI is InChI=1S/C20H14NO.C11H20O2.Ir/c1-22-16-9-6-15(7-10-16)20-19-11-8-14-4-2-3-5-17(14)18(19)12-13-21-20;1-10(2,3)8(12)7-9(13)11(4,5)6;/h2-6,8-13H,1H3;7,12H,1-6H3;/q-1;;/p+1/b;8-7-;. The number of methoxy groups -OCH3 is 1. The van der Waals surface area contributed by atoms with Gasteiger partial charge in [0.2, 0.25) is 0 Å². The number of fused-ring (bicyclic) bond motifs is 3. The van der Waals surface area contributed by atoms with Gasteiger partial charge in [-0.25, -0.2) is 0 Å². The van der Waals surface area contributed by atoms with Gasteiger partial charge in [0, 0.05) is 37.5 Å². The molecule has 0 unspecified atom stereocenters. The molecule has 1 radical (unpaired) electrons. The normalized spacial score (nSPS) is 11.9. The smallest absolute Gasteiger partial charge is 0.325 e. The SMILES string of the molecule is CC(C)(C)C(=[OH+])/C=C(\O)C(C)(C)C.COc1c[c-]c(-c2nccc3c2ccc2ccccc23)cc1.[Ir]. The minimum absolute atomic E-state index is 0. The molecule has 4 nitrogen and oxygen atoms in total. The number of aromatic nitrogens is 1. The number of benzene rings is 3. The summed E-state index contributed by atoms with van der Waals surface area (Å²) in [5, 5.41) is 14.4. The van der Waals surface area contributed by atoms with Crippen LogP contribution in [0.15, 0.2) is 78.7 Å². The molecule has 0 atom stereocenters. The van der Waals surface area contributed by atoms with Gasteiger partial charge in [-0.15, -0.1) is 29.8 Å². The Morgan fingerprint density at radius 1 is 0.889 bits per heavy atom. The third-order valence-electron chi connectivity index (χ3n) is 5.76. The molecule has 4 rings (SSSR count). The van der Waals surface area contributed by atoms with E-state index in [0.29, 0.717) is 0 Å². The minimum Gasteiger partial charge on any atom is -0.540 e. The van der Waals surface area contributed by atoms with Gasteiger partial charge in [-0.05, 0) is 54.1 Å². The van der Waals surface area contributed by atoms with E-state index in [-0.39, 0.29) is 42.5 Å². The first-order valence-electron chi connectivity index (χ1n) is 11.7. The van der Waals surface area contributed by atoms with Crippen molar-refractivity contribution >= 4 is 27.3 Å². The molecule has 0 aliphatic carbocycles. The van der Waals surface area contributed by atoms with Crippen molar-refractivity contribution in [2.45, 2.75) is 41.5 Å². The monoisotopic (exact) mass is 662 g/mol. The first-order chi connectivity index (χ1) is 16.4. The number of allylic oxidation sites excluding steroid dienone is 2. The third-order valence-corrected chi connectivity index (χ3v) is 5.76. The summed E-state index contributed by atoms with van der Waals surface area (Å²) in [5.41, 5.74) is 1.31. The summed E-state index contributed by atoms with van der Waals surface area (Å²) in [4.78, 5) is 14.2. The Labute approximate surface area is 227 Å². The van der Waals surface area contributed by atoms with Crippen molar-refractivity contribution in [2.24, 2.45) is 10.8 Å². The number of hydrogen-bond acceptors (Lipinski definition) is 3. The Morgan fingerprint density at radius 2 is 1.58 bits per heavy atom. The fourth-order valence-electron chi connectivity index (χ4n) is 3.40. The van der Waals surface area contributed by atoms with E-state index < -0.39 is 0 Å². The Hall–Kier alpha value is -3.01. The second kappa shape index (κ2) is 11.8. The summed E-state index contributed by atoms with van der Waals surface area (Å²) in [7, 11) is 1.66. The maximum atomic E-state index is 9.60. The van der Waals surface area contributed by atoms with Crippen LogP contribution in [0.2, 0.25) is 0 Å². The fourth-order valence-corrected chi connectivity index (χ4v) is 3.40. The number of pyridine rings is 1. The molecule has 0 bridgehead atoms. The molecule has 36 heavy (non-hydrogen) atoms. The Balaban J connectivity index is 0.000000285. The molecule has 1 heterocycles. The quantitative estimate of drug-likeness (QED) is 0.0798. The fraction of sp³-hybridized carbons (Fsp3) is 0.290. The molecule has 191 valence electrons. The van der Waals surface area contributed by atoms with Gasteiger partial charge >= 0.3 is 5.78 Å². The van der Waals surface area contributed by atoms with Crippen LogP contribution in [0, 0.1) is 16.9 Å². The van der Waals surface area contributed by atoms with Crippen LogP contribution in [-0.4, -0.2) is 27.8 Å². The molecular weight excluding hydrogens is 627 g/mol. The minimum atomic E-state index is -0.306. The zero-order chi connectivity index (χ0) is 25.8. The predicted octanol–water partition coefficient (Wildman–Crippen LogP) is 7.93. The molecule has 1 aromatic heterocycles. The molecule has 0 fully saturated rings. The summed E-state index contributed by atoms with van der Waals surface area (Å²) >= 11 is 0. The van der Waals surface area contributed by atoms with E-state index in [1.54, 1.807) is 7.11 Å². The predicted molar refractivity (Wildman–Crippen MR) is 147 cm³/mol. The van der Waals surface area contributed by atoms with E-state index in [4.69, 9.17) is 4.74 Å². The van der Waals surface area contributed by atoms with Gasteiger partial charge in [0.05, 0.1) is 18.6 Å². The number of hydrogen-bond donors (Lipinski definition) is 1. The van der Waals surface area contributed by atoms with Gasteiger partial charge in [-0.1, -0.05) is 57.2 Å². The largest absolute Gasteiger partial charge is 0.540 e. The number of ether oxygens (including phenoxy) is 1. The van der Waals surface area contributed by atoms with Gasteiger partial charge in [-0.2, -0.15) is 0 Å². The maximum absolute atomic E-state index is 9.60. The molecule has 0 amide bonds. The van der Waals surface area contributed by atoms with Crippen molar-refractivity contribution in [2.75, 3.05) is 7.11 Å². The van der Waals surface area contributed by atoms with Crippen molar-refractivity contribution in [1.82, 2.24) is 4.98 Å². The maximum Gasteiger partial charge on any atom is 0.325 e. The van der Waals surface area contributed by atoms with E-state index in [2.05, 4.69) is 53.5 Å². The summed E-state index contributed by atoms with van der Waals surface area (Å²) in [6.45, 7) is 11.4. The zero-order valence-corrected chi connectivity index (χ0v) is 24.4. The van der Waals surface area contributed by atoms with Crippen LogP contribution in [-0.2, 0) is 20.1 Å². The summed E-state index contributed by atoms with van der Waals surface area (Å²) < 4.78 is 5.20. The average Bonchev–Trinajstić information content (AvgIpc) is 2.83. The molecule has 0 spiro atoms. The van der Waals surface area contributed by atoms with Gasteiger partial charge in [0.25, 0.3) is 0 Å². The van der Waals surface area contributed by atoms with E-state index in [1.165, 1.54) is 22.2 Å². The first-order valence-corrected chi connectivity index (χ1v) is 11.7. The van der Waals surface area contributed by atoms with Crippen LogP contribution < -0.4 is 4.74 Å². The van der Waals surface area contributed by atoms with E-state index in [9.17, 15) is 9.90 Å². The molecular formula is C31H35IrNO3. The van der Waals surface area contributed by atoms with Gasteiger partial charge < -0.3 is 14.8 Å². The van der Waals surface area contributed by atoms with Crippen molar-refractivity contribution in [3.8, 4) is 17.0 Å². The van der Waals surface area contributed by atoms with Crippen LogP contribution in [0.4, 0.5) is 0 Å². The topological polar surface area (TPSA) is 63.8 Å². The van der Waals surface area contributed by atoms with Crippen molar-refractivity contribution < 1.29 is 34.7 Å². The van der Waals surface area contributed by atoms with Crippen molar-refractivity contribution in [3.05, 3.63) is 84.8 Å². The van der Waals surface area contributed by atoms with Crippen molar-refractivity contribution in [1.29, 1.82) is 0 Å². The molecule has 0 aliphatic heterocycles. The number of nitrogens with zero attached hydrogens (tertiary/aromatic N) is 1. The Kier molecular flexibility index (Phi) is 9.59. The molecule has 0 saturated heterocycles. The van der Waals surface area contributed by atoms with Crippen LogP contribution in [0.25, 0.3) is 32.8 Å². The van der Waals surface area contributed by atoms with Gasteiger partial charge in [0.1, 0.15) is 5.76 Å². The number of carbonyl (C=O) groups excluding carboxylic acids is 1. The summed E-state index contributed by atoms with van der Waals surface area (Å²) in [6, 6.07) is 23.8. The molecule has 2 N–H and O–H groups in total. The summed E-state index contributed by atoms with van der Waals surface area (Å²) in [6.07, 6.45) is 3.31. The zero-order valence-electron chi connectivity index (χ0n) is 22.0. The van der Waals surface area contributed by atoms with Crippen LogP contribution in [0.5, 0.6) is 5.75 Å². The number of aliphatic hydroxyl groups is 1. The molecule has 4 aromatic rings. The van der Waals surface area contributed by atoms with Crippen LogP contribution in [0.1, 0.15) is 41.5 Å². The van der Waals surface area contributed by atoms with Crippen LogP contribution >= 0.6 is 0 Å². The Bertz CT molecular complexity index is 1360. The number of ketones is 1.